The van der Waals surface area contributed by atoms with Crippen LogP contribution in [0.2, 0.25) is 5.02 Å². The predicted molar refractivity (Wildman–Crippen MR) is 176 cm³/mol. The topological polar surface area (TPSA) is 86.8 Å². The SMILES string of the molecule is Cc1ccc(N(CC(=O)N(Cc2cccc(Cl)c2)C(Cc2ccccc2)C(=O)NCC(C)C)S(=O)(=O)c2ccc(F)cc2)cc1. The molecule has 45 heavy (non-hydrogen) atoms. The summed E-state index contributed by atoms with van der Waals surface area (Å²) in [5, 5.41) is 3.42. The van der Waals surface area contributed by atoms with E-state index in [-0.39, 0.29) is 35.4 Å². The standard InChI is InChI=1S/C35H37ClFN3O4S/c1-25(2)22-38-35(42)33(21-27-8-5-4-6-9-27)39(23-28-10-7-11-29(36)20-28)34(41)24-40(31-16-12-26(3)13-17-31)45(43,44)32-18-14-30(37)15-19-32/h4-20,25,33H,21-24H2,1-3H3,(H,38,42). The maximum absolute atomic E-state index is 14.4. The summed E-state index contributed by atoms with van der Waals surface area (Å²) in [6.45, 7) is 5.61. The Balaban J connectivity index is 1.79. The molecule has 4 rings (SSSR count). The molecule has 1 unspecified atom stereocenters. The Kier molecular flexibility index (Phi) is 11.4. The summed E-state index contributed by atoms with van der Waals surface area (Å²) in [5.74, 6) is -1.37. The molecule has 0 heterocycles. The van der Waals surface area contributed by atoms with Gasteiger partial charge in [-0.25, -0.2) is 12.8 Å². The molecule has 0 fully saturated rings. The van der Waals surface area contributed by atoms with Crippen molar-refractivity contribution in [3.8, 4) is 0 Å². The van der Waals surface area contributed by atoms with Crippen molar-refractivity contribution >= 4 is 39.1 Å². The zero-order valence-corrected chi connectivity index (χ0v) is 27.1. The maximum atomic E-state index is 14.4. The first-order valence-electron chi connectivity index (χ1n) is 14.6. The van der Waals surface area contributed by atoms with E-state index in [2.05, 4.69) is 5.32 Å². The normalized spacial score (nSPS) is 12.0. The van der Waals surface area contributed by atoms with Crippen LogP contribution in [0.1, 0.15) is 30.5 Å². The fourth-order valence-corrected chi connectivity index (χ4v) is 6.41. The van der Waals surface area contributed by atoms with E-state index in [0.29, 0.717) is 17.1 Å². The number of benzene rings is 4. The molecule has 1 N–H and O–H groups in total. The molecule has 0 aliphatic rings. The molecule has 0 spiro atoms. The predicted octanol–water partition coefficient (Wildman–Crippen LogP) is 6.40. The first kappa shape index (κ1) is 33.7. The fourth-order valence-electron chi connectivity index (χ4n) is 4.78. The average molecular weight is 650 g/mol. The summed E-state index contributed by atoms with van der Waals surface area (Å²) in [7, 11) is -4.32. The second-order valence-electron chi connectivity index (χ2n) is 11.3. The summed E-state index contributed by atoms with van der Waals surface area (Å²) in [6, 6.07) is 26.5. The molecule has 4 aromatic rings. The van der Waals surface area contributed by atoms with Gasteiger partial charge in [0.15, 0.2) is 0 Å². The lowest BCUT2D eigenvalue weighted by Gasteiger charge is -2.34. The largest absolute Gasteiger partial charge is 0.354 e. The van der Waals surface area contributed by atoms with Gasteiger partial charge in [0.2, 0.25) is 11.8 Å². The second-order valence-corrected chi connectivity index (χ2v) is 13.6. The van der Waals surface area contributed by atoms with Crippen molar-refractivity contribution in [3.63, 3.8) is 0 Å². The molecule has 0 aromatic heterocycles. The lowest BCUT2D eigenvalue weighted by molar-refractivity contribution is -0.140. The van der Waals surface area contributed by atoms with Crippen LogP contribution in [-0.2, 0) is 32.6 Å². The minimum absolute atomic E-state index is 0.00429. The van der Waals surface area contributed by atoms with Gasteiger partial charge in [-0.1, -0.05) is 85.6 Å². The number of hydrogen-bond donors (Lipinski definition) is 1. The Bertz CT molecular complexity index is 1700. The number of amides is 2. The third-order valence-corrected chi connectivity index (χ3v) is 9.22. The number of sulfonamides is 1. The smallest absolute Gasteiger partial charge is 0.264 e. The van der Waals surface area contributed by atoms with Gasteiger partial charge in [-0.2, -0.15) is 0 Å². The number of hydrogen-bond acceptors (Lipinski definition) is 4. The molecule has 0 radical (unpaired) electrons. The number of nitrogens with one attached hydrogen (secondary N) is 1. The molecule has 7 nitrogen and oxygen atoms in total. The van der Waals surface area contributed by atoms with Crippen molar-refractivity contribution in [2.24, 2.45) is 5.92 Å². The first-order chi connectivity index (χ1) is 21.4. The summed E-state index contributed by atoms with van der Waals surface area (Å²) in [5.41, 5.74) is 2.66. The Morgan fingerprint density at radius 1 is 0.867 bits per heavy atom. The third-order valence-electron chi connectivity index (χ3n) is 7.20. The van der Waals surface area contributed by atoms with E-state index < -0.39 is 34.3 Å². The van der Waals surface area contributed by atoms with Gasteiger partial charge in [0.25, 0.3) is 10.0 Å². The van der Waals surface area contributed by atoms with Crippen LogP contribution in [0.4, 0.5) is 10.1 Å². The zero-order chi connectivity index (χ0) is 32.6. The van der Waals surface area contributed by atoms with Crippen LogP contribution in [0, 0.1) is 18.7 Å². The lowest BCUT2D eigenvalue weighted by Crippen LogP contribution is -2.53. The molecule has 2 amide bonds. The number of aryl methyl sites for hydroxylation is 1. The van der Waals surface area contributed by atoms with Crippen molar-refractivity contribution in [2.45, 2.75) is 44.7 Å². The molecule has 1 atom stereocenters. The van der Waals surface area contributed by atoms with Gasteiger partial charge in [0.1, 0.15) is 18.4 Å². The number of carbonyl (C=O) groups is 2. The molecule has 4 aromatic carbocycles. The van der Waals surface area contributed by atoms with Gasteiger partial charge in [-0.3, -0.25) is 13.9 Å². The summed E-state index contributed by atoms with van der Waals surface area (Å²) in [4.78, 5) is 29.5. The van der Waals surface area contributed by atoms with Gasteiger partial charge >= 0.3 is 0 Å². The summed E-state index contributed by atoms with van der Waals surface area (Å²) in [6.07, 6.45) is 0.201. The Morgan fingerprint density at radius 2 is 1.51 bits per heavy atom. The van der Waals surface area contributed by atoms with E-state index in [9.17, 15) is 22.4 Å². The highest BCUT2D eigenvalue weighted by molar-refractivity contribution is 7.92. The minimum atomic E-state index is -4.32. The van der Waals surface area contributed by atoms with Gasteiger partial charge in [-0.15, -0.1) is 0 Å². The number of carbonyl (C=O) groups excluding carboxylic acids is 2. The molecule has 0 aliphatic carbocycles. The van der Waals surface area contributed by atoms with Gasteiger partial charge < -0.3 is 10.2 Å². The minimum Gasteiger partial charge on any atom is -0.354 e. The van der Waals surface area contributed by atoms with Crippen LogP contribution < -0.4 is 9.62 Å². The number of nitrogens with zero attached hydrogens (tertiary/aromatic N) is 2. The van der Waals surface area contributed by atoms with Crippen molar-refractivity contribution in [3.05, 3.63) is 131 Å². The van der Waals surface area contributed by atoms with E-state index in [1.54, 1.807) is 48.5 Å². The van der Waals surface area contributed by atoms with Crippen LogP contribution in [0.5, 0.6) is 0 Å². The van der Waals surface area contributed by atoms with E-state index in [1.165, 1.54) is 4.90 Å². The van der Waals surface area contributed by atoms with Crippen molar-refractivity contribution in [2.75, 3.05) is 17.4 Å². The van der Waals surface area contributed by atoms with Crippen LogP contribution in [-0.4, -0.2) is 44.3 Å². The lowest BCUT2D eigenvalue weighted by atomic mass is 10.0. The average Bonchev–Trinajstić information content (AvgIpc) is 3.01. The Hall–Kier alpha value is -4.21. The summed E-state index contributed by atoms with van der Waals surface area (Å²) < 4.78 is 42.7. The molecule has 236 valence electrons. The Labute approximate surface area is 269 Å². The van der Waals surface area contributed by atoms with E-state index in [1.807, 2.05) is 51.1 Å². The van der Waals surface area contributed by atoms with E-state index >= 15 is 0 Å². The maximum Gasteiger partial charge on any atom is 0.264 e. The van der Waals surface area contributed by atoms with Crippen molar-refractivity contribution in [1.82, 2.24) is 10.2 Å². The second kappa shape index (κ2) is 15.2. The van der Waals surface area contributed by atoms with Crippen molar-refractivity contribution < 1.29 is 22.4 Å². The highest BCUT2D eigenvalue weighted by atomic mass is 35.5. The number of rotatable bonds is 13. The fraction of sp³-hybridized carbons (Fsp3) is 0.257. The molecule has 0 bridgehead atoms. The molecule has 10 heteroatoms. The third kappa shape index (κ3) is 9.15. The Morgan fingerprint density at radius 3 is 2.13 bits per heavy atom. The first-order valence-corrected chi connectivity index (χ1v) is 16.5. The molecule has 0 saturated carbocycles. The molecular formula is C35H37ClFN3O4S. The quantitative estimate of drug-likeness (QED) is 0.182. The molecular weight excluding hydrogens is 613 g/mol. The zero-order valence-electron chi connectivity index (χ0n) is 25.5. The van der Waals surface area contributed by atoms with Gasteiger partial charge in [-0.05, 0) is 72.5 Å². The monoisotopic (exact) mass is 649 g/mol. The highest BCUT2D eigenvalue weighted by Crippen LogP contribution is 2.26. The summed E-state index contributed by atoms with van der Waals surface area (Å²) >= 11 is 6.28. The van der Waals surface area contributed by atoms with Crippen LogP contribution in [0.25, 0.3) is 0 Å². The number of anilines is 1. The van der Waals surface area contributed by atoms with E-state index in [0.717, 1.165) is 39.7 Å². The van der Waals surface area contributed by atoms with Crippen LogP contribution >= 0.6 is 11.6 Å². The molecule has 0 saturated heterocycles. The van der Waals surface area contributed by atoms with Gasteiger partial charge in [0.05, 0.1) is 10.6 Å². The van der Waals surface area contributed by atoms with Crippen LogP contribution in [0.3, 0.4) is 0 Å². The number of halogens is 2. The van der Waals surface area contributed by atoms with E-state index in [4.69, 9.17) is 11.6 Å². The molecule has 0 aliphatic heterocycles. The van der Waals surface area contributed by atoms with Crippen LogP contribution in [0.15, 0.2) is 108 Å². The van der Waals surface area contributed by atoms with Crippen molar-refractivity contribution in [1.29, 1.82) is 0 Å². The highest BCUT2D eigenvalue weighted by Gasteiger charge is 2.34. The van der Waals surface area contributed by atoms with Gasteiger partial charge in [0, 0.05) is 24.5 Å².